The Morgan fingerprint density at radius 2 is 1.97 bits per heavy atom. The standard InChI is InChI=1S/C20H17ClN4O4/c1-12(23-17-8-4-6-13-5-2-3-7-16(13)17)20(27)24-22-11-14-9-15(21)10-18(19(14)26)25(28)29/h2-12,23,26H,1H3,(H,24,27). The molecule has 0 bridgehead atoms. The summed E-state index contributed by atoms with van der Waals surface area (Å²) in [6.45, 7) is 1.67. The molecule has 29 heavy (non-hydrogen) atoms. The molecule has 3 N–H and O–H groups in total. The number of nitrogens with zero attached hydrogens (tertiary/aromatic N) is 2. The molecule has 1 unspecified atom stereocenters. The van der Waals surface area contributed by atoms with Crippen molar-refractivity contribution in [1.82, 2.24) is 5.43 Å². The van der Waals surface area contributed by atoms with Crippen LogP contribution in [0.4, 0.5) is 11.4 Å². The number of hydrazone groups is 1. The second kappa shape index (κ2) is 8.57. The highest BCUT2D eigenvalue weighted by atomic mass is 35.5. The predicted molar refractivity (Wildman–Crippen MR) is 113 cm³/mol. The van der Waals surface area contributed by atoms with Crippen LogP contribution in [0.2, 0.25) is 5.02 Å². The number of nitro groups is 1. The van der Waals surface area contributed by atoms with Crippen LogP contribution in [0.5, 0.6) is 5.75 Å². The summed E-state index contributed by atoms with van der Waals surface area (Å²) in [6.07, 6.45) is 1.09. The molecule has 0 aliphatic rings. The molecule has 0 fully saturated rings. The number of carbonyl (C=O) groups excluding carboxylic acids is 1. The molecule has 1 amide bonds. The fraction of sp³-hybridized carbons (Fsp3) is 0.100. The average molecular weight is 413 g/mol. The molecule has 0 aromatic heterocycles. The molecule has 0 heterocycles. The van der Waals surface area contributed by atoms with Gasteiger partial charge in [0.1, 0.15) is 6.04 Å². The van der Waals surface area contributed by atoms with Gasteiger partial charge in [-0.2, -0.15) is 5.10 Å². The number of nitrogens with one attached hydrogen (secondary N) is 2. The minimum absolute atomic E-state index is 0.0131. The highest BCUT2D eigenvalue weighted by Crippen LogP contribution is 2.32. The first-order valence-electron chi connectivity index (χ1n) is 8.61. The summed E-state index contributed by atoms with van der Waals surface area (Å²) in [7, 11) is 0. The SMILES string of the molecule is CC(Nc1cccc2ccccc12)C(=O)NN=Cc1cc(Cl)cc([N+](=O)[O-])c1O. The number of phenolic OH excluding ortho intramolecular Hbond substituents is 1. The van der Waals surface area contributed by atoms with Gasteiger partial charge in [-0.15, -0.1) is 0 Å². The van der Waals surface area contributed by atoms with Crippen molar-refractivity contribution in [3.63, 3.8) is 0 Å². The summed E-state index contributed by atoms with van der Waals surface area (Å²) < 4.78 is 0. The smallest absolute Gasteiger partial charge is 0.312 e. The van der Waals surface area contributed by atoms with E-state index < -0.39 is 28.3 Å². The third-order valence-electron chi connectivity index (χ3n) is 4.21. The van der Waals surface area contributed by atoms with E-state index in [-0.39, 0.29) is 10.6 Å². The molecule has 3 aromatic rings. The molecular formula is C20H17ClN4O4. The summed E-state index contributed by atoms with van der Waals surface area (Å²) in [5, 5.41) is 29.8. The lowest BCUT2D eigenvalue weighted by Crippen LogP contribution is -2.34. The Bertz CT molecular complexity index is 1110. The highest BCUT2D eigenvalue weighted by Gasteiger charge is 2.18. The first-order valence-corrected chi connectivity index (χ1v) is 8.98. The van der Waals surface area contributed by atoms with Gasteiger partial charge >= 0.3 is 5.69 Å². The first kappa shape index (κ1) is 20.1. The van der Waals surface area contributed by atoms with E-state index in [1.165, 1.54) is 6.07 Å². The summed E-state index contributed by atoms with van der Waals surface area (Å²) in [4.78, 5) is 22.5. The molecule has 0 aliphatic carbocycles. The topological polar surface area (TPSA) is 117 Å². The third-order valence-corrected chi connectivity index (χ3v) is 4.43. The maximum Gasteiger partial charge on any atom is 0.312 e. The summed E-state index contributed by atoms with van der Waals surface area (Å²) in [6, 6.07) is 15.3. The fourth-order valence-electron chi connectivity index (χ4n) is 2.76. The highest BCUT2D eigenvalue weighted by molar-refractivity contribution is 6.31. The van der Waals surface area contributed by atoms with Crippen molar-refractivity contribution in [3.8, 4) is 5.75 Å². The van der Waals surface area contributed by atoms with E-state index in [0.29, 0.717) is 0 Å². The second-order valence-corrected chi connectivity index (χ2v) is 6.68. The van der Waals surface area contributed by atoms with E-state index in [2.05, 4.69) is 15.8 Å². The fourth-order valence-corrected chi connectivity index (χ4v) is 2.98. The molecule has 3 rings (SSSR count). The van der Waals surface area contributed by atoms with Crippen molar-refractivity contribution in [3.05, 3.63) is 75.3 Å². The van der Waals surface area contributed by atoms with Gasteiger partial charge in [-0.3, -0.25) is 14.9 Å². The molecule has 9 heteroatoms. The number of fused-ring (bicyclic) bond motifs is 1. The van der Waals surface area contributed by atoms with E-state index in [1.807, 2.05) is 42.5 Å². The maximum absolute atomic E-state index is 12.3. The Labute approximate surface area is 171 Å². The van der Waals surface area contributed by atoms with Gasteiger partial charge < -0.3 is 10.4 Å². The Kier molecular flexibility index (Phi) is 5.94. The van der Waals surface area contributed by atoms with Gasteiger partial charge in [0.2, 0.25) is 5.75 Å². The molecule has 0 saturated carbocycles. The van der Waals surface area contributed by atoms with E-state index >= 15 is 0 Å². The Balaban J connectivity index is 1.70. The number of hydrogen-bond acceptors (Lipinski definition) is 6. The van der Waals surface area contributed by atoms with Crippen LogP contribution in [0, 0.1) is 10.1 Å². The monoisotopic (exact) mass is 412 g/mol. The van der Waals surface area contributed by atoms with Crippen molar-refractivity contribution in [2.45, 2.75) is 13.0 Å². The van der Waals surface area contributed by atoms with Crippen LogP contribution >= 0.6 is 11.6 Å². The summed E-state index contributed by atoms with van der Waals surface area (Å²) >= 11 is 5.82. The molecule has 0 saturated heterocycles. The number of phenols is 1. The largest absolute Gasteiger partial charge is 0.502 e. The number of nitro benzene ring substituents is 1. The predicted octanol–water partition coefficient (Wildman–Crippen LogP) is 4.06. The lowest BCUT2D eigenvalue weighted by atomic mass is 10.1. The van der Waals surface area contributed by atoms with Gasteiger partial charge in [0.05, 0.1) is 11.1 Å². The summed E-state index contributed by atoms with van der Waals surface area (Å²) in [5.41, 5.74) is 2.61. The van der Waals surface area contributed by atoms with E-state index in [0.717, 1.165) is 28.7 Å². The summed E-state index contributed by atoms with van der Waals surface area (Å²) in [5.74, 6) is -1.01. The first-order chi connectivity index (χ1) is 13.9. The minimum Gasteiger partial charge on any atom is -0.502 e. The van der Waals surface area contributed by atoms with Crippen LogP contribution in [0.25, 0.3) is 10.8 Å². The zero-order chi connectivity index (χ0) is 21.0. The van der Waals surface area contributed by atoms with Gasteiger partial charge in [-0.25, -0.2) is 5.43 Å². The Morgan fingerprint density at radius 1 is 1.24 bits per heavy atom. The number of benzene rings is 3. The molecular weight excluding hydrogens is 396 g/mol. The van der Waals surface area contributed by atoms with Crippen molar-refractivity contribution in [2.24, 2.45) is 5.10 Å². The van der Waals surface area contributed by atoms with Crippen molar-refractivity contribution >= 4 is 45.9 Å². The molecule has 0 aliphatic heterocycles. The van der Waals surface area contributed by atoms with Crippen LogP contribution in [0.3, 0.4) is 0 Å². The Hall–Kier alpha value is -3.65. The van der Waals surface area contributed by atoms with Gasteiger partial charge in [-0.1, -0.05) is 48.0 Å². The molecule has 0 spiro atoms. The lowest BCUT2D eigenvalue weighted by Gasteiger charge is -2.15. The average Bonchev–Trinajstić information content (AvgIpc) is 2.70. The normalized spacial score (nSPS) is 12.1. The van der Waals surface area contributed by atoms with Crippen LogP contribution in [0.1, 0.15) is 12.5 Å². The second-order valence-electron chi connectivity index (χ2n) is 6.25. The van der Waals surface area contributed by atoms with Crippen LogP contribution < -0.4 is 10.7 Å². The van der Waals surface area contributed by atoms with Gasteiger partial charge in [0, 0.05) is 27.7 Å². The number of amides is 1. The molecule has 1 atom stereocenters. The van der Waals surface area contributed by atoms with Gasteiger partial charge in [0.15, 0.2) is 0 Å². The van der Waals surface area contributed by atoms with Crippen molar-refractivity contribution in [2.75, 3.05) is 5.32 Å². The van der Waals surface area contributed by atoms with E-state index in [1.54, 1.807) is 6.92 Å². The van der Waals surface area contributed by atoms with Gasteiger partial charge in [0.25, 0.3) is 5.91 Å². The quantitative estimate of drug-likeness (QED) is 0.320. The van der Waals surface area contributed by atoms with Crippen LogP contribution in [-0.2, 0) is 4.79 Å². The number of hydrogen-bond donors (Lipinski definition) is 3. The molecule has 3 aromatic carbocycles. The number of halogens is 1. The molecule has 8 nitrogen and oxygen atoms in total. The number of aromatic hydroxyl groups is 1. The number of anilines is 1. The van der Waals surface area contributed by atoms with Gasteiger partial charge in [-0.05, 0) is 24.4 Å². The van der Waals surface area contributed by atoms with Crippen molar-refractivity contribution in [1.29, 1.82) is 0 Å². The zero-order valence-corrected chi connectivity index (χ0v) is 16.1. The van der Waals surface area contributed by atoms with Crippen LogP contribution in [-0.4, -0.2) is 28.2 Å². The zero-order valence-electron chi connectivity index (χ0n) is 15.3. The maximum atomic E-state index is 12.3. The van der Waals surface area contributed by atoms with E-state index in [4.69, 9.17) is 11.6 Å². The number of rotatable bonds is 6. The molecule has 0 radical (unpaired) electrons. The third kappa shape index (κ3) is 4.61. The molecule has 148 valence electrons. The minimum atomic E-state index is -0.757. The Morgan fingerprint density at radius 3 is 2.72 bits per heavy atom. The number of carbonyl (C=O) groups is 1. The lowest BCUT2D eigenvalue weighted by molar-refractivity contribution is -0.385. The van der Waals surface area contributed by atoms with Crippen molar-refractivity contribution < 1.29 is 14.8 Å². The van der Waals surface area contributed by atoms with Crippen LogP contribution in [0.15, 0.2) is 59.7 Å². The van der Waals surface area contributed by atoms with E-state index in [9.17, 15) is 20.0 Å².